The van der Waals surface area contributed by atoms with Crippen LogP contribution in [0.4, 0.5) is 0 Å². The number of benzene rings is 1. The topological polar surface area (TPSA) is 110 Å². The molecule has 0 unspecified atom stereocenters. The minimum absolute atomic E-state index is 0.0361. The summed E-state index contributed by atoms with van der Waals surface area (Å²) in [7, 11) is 0. The minimum Gasteiger partial charge on any atom is -0.480 e. The molecule has 26 heavy (non-hydrogen) atoms. The van der Waals surface area contributed by atoms with Gasteiger partial charge in [0.25, 0.3) is 5.91 Å². The summed E-state index contributed by atoms with van der Waals surface area (Å²) in [6, 6.07) is 6.39. The molecule has 0 aliphatic heterocycles. The van der Waals surface area contributed by atoms with Gasteiger partial charge in [0.1, 0.15) is 11.6 Å². The fraction of sp³-hybridized carbons (Fsp3) is 0.333. The standard InChI is InChI=1S/C18H18N4O4/c1-10-12(9-22(21-10)11-6-7-11)17(23)20-14(18(24)25)8-16-19-13-4-2-3-5-15(13)26-16/h2-5,9,11,14H,6-8H2,1H3,(H,20,23)(H,24,25)/t14-/m0/s1. The summed E-state index contributed by atoms with van der Waals surface area (Å²) in [5, 5.41) is 16.4. The molecule has 1 fully saturated rings. The second-order valence-electron chi connectivity index (χ2n) is 6.48. The van der Waals surface area contributed by atoms with Crippen molar-refractivity contribution in [2.75, 3.05) is 0 Å². The summed E-state index contributed by atoms with van der Waals surface area (Å²) in [6.07, 6.45) is 3.75. The van der Waals surface area contributed by atoms with Gasteiger partial charge >= 0.3 is 5.97 Å². The van der Waals surface area contributed by atoms with E-state index in [1.54, 1.807) is 29.9 Å². The van der Waals surface area contributed by atoms with E-state index in [-0.39, 0.29) is 12.3 Å². The average molecular weight is 354 g/mol. The van der Waals surface area contributed by atoms with E-state index < -0.39 is 17.9 Å². The lowest BCUT2D eigenvalue weighted by Gasteiger charge is -2.12. The zero-order valence-corrected chi connectivity index (χ0v) is 14.2. The molecule has 0 radical (unpaired) electrons. The van der Waals surface area contributed by atoms with Crippen LogP contribution in [0.5, 0.6) is 0 Å². The Morgan fingerprint density at radius 3 is 2.85 bits per heavy atom. The number of rotatable bonds is 6. The maximum atomic E-state index is 12.5. The predicted molar refractivity (Wildman–Crippen MR) is 91.8 cm³/mol. The van der Waals surface area contributed by atoms with Crippen LogP contribution in [0.15, 0.2) is 34.9 Å². The van der Waals surface area contributed by atoms with Crippen molar-refractivity contribution in [2.24, 2.45) is 0 Å². The number of fused-ring (bicyclic) bond motifs is 1. The molecule has 2 heterocycles. The van der Waals surface area contributed by atoms with Gasteiger partial charge in [0.2, 0.25) is 0 Å². The van der Waals surface area contributed by atoms with Gasteiger partial charge in [-0.05, 0) is 31.9 Å². The molecule has 1 amide bonds. The van der Waals surface area contributed by atoms with Gasteiger partial charge in [0.15, 0.2) is 11.5 Å². The van der Waals surface area contributed by atoms with Crippen LogP contribution in [0.1, 0.15) is 40.8 Å². The van der Waals surface area contributed by atoms with Crippen molar-refractivity contribution in [1.29, 1.82) is 0 Å². The number of aliphatic carboxylic acids is 1. The van der Waals surface area contributed by atoms with Gasteiger partial charge in [-0.1, -0.05) is 12.1 Å². The number of nitrogens with zero attached hydrogens (tertiary/aromatic N) is 3. The highest BCUT2D eigenvalue weighted by Gasteiger charge is 2.28. The Labute approximate surface area is 148 Å². The molecular formula is C18H18N4O4. The first-order valence-electron chi connectivity index (χ1n) is 8.45. The van der Waals surface area contributed by atoms with Gasteiger partial charge in [-0.25, -0.2) is 9.78 Å². The monoisotopic (exact) mass is 354 g/mol. The number of hydrogen-bond donors (Lipinski definition) is 2. The second kappa shape index (κ2) is 6.29. The third-order valence-electron chi connectivity index (χ3n) is 4.40. The predicted octanol–water partition coefficient (Wildman–Crippen LogP) is 2.09. The Morgan fingerprint density at radius 2 is 2.15 bits per heavy atom. The first-order chi connectivity index (χ1) is 12.5. The molecule has 0 bridgehead atoms. The van der Waals surface area contributed by atoms with E-state index in [0.717, 1.165) is 12.8 Å². The SMILES string of the molecule is Cc1nn(C2CC2)cc1C(=O)N[C@@H](Cc1nc2ccccc2o1)C(=O)O. The van der Waals surface area contributed by atoms with Crippen LogP contribution >= 0.6 is 0 Å². The van der Waals surface area contributed by atoms with Gasteiger partial charge < -0.3 is 14.8 Å². The molecule has 3 aromatic rings. The van der Waals surface area contributed by atoms with Gasteiger partial charge in [-0.3, -0.25) is 9.48 Å². The fourth-order valence-electron chi connectivity index (χ4n) is 2.85. The molecule has 134 valence electrons. The van der Waals surface area contributed by atoms with Crippen LogP contribution < -0.4 is 5.32 Å². The normalized spacial score (nSPS) is 15.1. The number of carboxylic acids is 1. The van der Waals surface area contributed by atoms with Crippen LogP contribution in [-0.4, -0.2) is 37.8 Å². The lowest BCUT2D eigenvalue weighted by molar-refractivity contribution is -0.139. The molecule has 8 heteroatoms. The smallest absolute Gasteiger partial charge is 0.326 e. The number of nitrogens with one attached hydrogen (secondary N) is 1. The fourth-order valence-corrected chi connectivity index (χ4v) is 2.85. The Kier molecular flexibility index (Phi) is 3.95. The number of aromatic nitrogens is 3. The number of amides is 1. The third kappa shape index (κ3) is 3.17. The maximum absolute atomic E-state index is 12.5. The summed E-state index contributed by atoms with van der Waals surface area (Å²) in [4.78, 5) is 28.4. The van der Waals surface area contributed by atoms with Crippen molar-refractivity contribution in [3.05, 3.63) is 47.6 Å². The molecule has 1 aliphatic carbocycles. The van der Waals surface area contributed by atoms with Crippen LogP contribution in [0.3, 0.4) is 0 Å². The van der Waals surface area contributed by atoms with Crippen LogP contribution in [-0.2, 0) is 11.2 Å². The first kappa shape index (κ1) is 16.3. The number of aryl methyl sites for hydroxylation is 1. The molecular weight excluding hydrogens is 336 g/mol. The van der Waals surface area contributed by atoms with E-state index in [0.29, 0.717) is 28.4 Å². The van der Waals surface area contributed by atoms with Crippen molar-refractivity contribution < 1.29 is 19.1 Å². The molecule has 0 spiro atoms. The number of oxazole rings is 1. The van der Waals surface area contributed by atoms with Crippen molar-refractivity contribution >= 4 is 23.0 Å². The molecule has 2 N–H and O–H groups in total. The van der Waals surface area contributed by atoms with Crippen LogP contribution in [0.2, 0.25) is 0 Å². The quantitative estimate of drug-likeness (QED) is 0.701. The molecule has 1 aromatic carbocycles. The van der Waals surface area contributed by atoms with E-state index >= 15 is 0 Å². The van der Waals surface area contributed by atoms with Crippen LogP contribution in [0, 0.1) is 6.92 Å². The van der Waals surface area contributed by atoms with Gasteiger partial charge in [0, 0.05) is 6.20 Å². The van der Waals surface area contributed by atoms with Crippen molar-refractivity contribution in [2.45, 2.75) is 38.3 Å². The third-order valence-corrected chi connectivity index (χ3v) is 4.40. The second-order valence-corrected chi connectivity index (χ2v) is 6.48. The molecule has 0 saturated heterocycles. The molecule has 2 aromatic heterocycles. The summed E-state index contributed by atoms with van der Waals surface area (Å²) < 4.78 is 7.34. The number of para-hydroxylation sites is 2. The largest absolute Gasteiger partial charge is 0.480 e. The Hall–Kier alpha value is -3.16. The van der Waals surface area contributed by atoms with E-state index in [1.807, 2.05) is 12.1 Å². The van der Waals surface area contributed by atoms with Crippen molar-refractivity contribution in [1.82, 2.24) is 20.1 Å². The lowest BCUT2D eigenvalue weighted by atomic mass is 10.1. The molecule has 1 atom stereocenters. The molecule has 8 nitrogen and oxygen atoms in total. The van der Waals surface area contributed by atoms with Crippen molar-refractivity contribution in [3.8, 4) is 0 Å². The van der Waals surface area contributed by atoms with Gasteiger partial charge in [0.05, 0.1) is 23.7 Å². The van der Waals surface area contributed by atoms with E-state index in [4.69, 9.17) is 4.42 Å². The van der Waals surface area contributed by atoms with Gasteiger partial charge in [-0.2, -0.15) is 5.10 Å². The minimum atomic E-state index is -1.15. The van der Waals surface area contributed by atoms with Crippen LogP contribution in [0.25, 0.3) is 11.1 Å². The highest BCUT2D eigenvalue weighted by molar-refractivity contribution is 5.97. The number of carbonyl (C=O) groups excluding carboxylic acids is 1. The molecule has 1 aliphatic rings. The van der Waals surface area contributed by atoms with E-state index in [9.17, 15) is 14.7 Å². The highest BCUT2D eigenvalue weighted by Crippen LogP contribution is 2.34. The number of carbonyl (C=O) groups is 2. The summed E-state index contributed by atoms with van der Waals surface area (Å²) in [6.45, 7) is 1.74. The Balaban J connectivity index is 1.51. The summed E-state index contributed by atoms with van der Waals surface area (Å²) >= 11 is 0. The highest BCUT2D eigenvalue weighted by atomic mass is 16.4. The number of hydrogen-bond acceptors (Lipinski definition) is 5. The molecule has 1 saturated carbocycles. The zero-order chi connectivity index (χ0) is 18.3. The Morgan fingerprint density at radius 1 is 1.38 bits per heavy atom. The average Bonchev–Trinajstić information content (AvgIpc) is 3.26. The Bertz CT molecular complexity index is 953. The molecule has 4 rings (SSSR count). The zero-order valence-electron chi connectivity index (χ0n) is 14.2. The number of carboxylic acid groups (broad SMARTS) is 1. The van der Waals surface area contributed by atoms with Crippen molar-refractivity contribution in [3.63, 3.8) is 0 Å². The first-order valence-corrected chi connectivity index (χ1v) is 8.45. The van der Waals surface area contributed by atoms with Gasteiger partial charge in [-0.15, -0.1) is 0 Å². The summed E-state index contributed by atoms with van der Waals surface area (Å²) in [5.41, 5.74) is 2.21. The lowest BCUT2D eigenvalue weighted by Crippen LogP contribution is -2.42. The van der Waals surface area contributed by atoms with E-state index in [1.165, 1.54) is 0 Å². The summed E-state index contributed by atoms with van der Waals surface area (Å²) in [5.74, 6) is -1.34. The maximum Gasteiger partial charge on any atom is 0.326 e. The van der Waals surface area contributed by atoms with E-state index in [2.05, 4.69) is 15.4 Å².